The van der Waals surface area contributed by atoms with E-state index in [2.05, 4.69) is 9.97 Å². The van der Waals surface area contributed by atoms with Crippen molar-refractivity contribution < 1.29 is 14.6 Å². The maximum Gasteiger partial charge on any atom is 0.343 e. The number of hydrogen-bond donors (Lipinski definition) is 2. The summed E-state index contributed by atoms with van der Waals surface area (Å²) in [4.78, 5) is 30.4. The Morgan fingerprint density at radius 2 is 2.42 bits per heavy atom. The average Bonchev–Trinajstić information content (AvgIpc) is 2.92. The van der Waals surface area contributed by atoms with Crippen LogP contribution in [0.1, 0.15) is 6.23 Å². The van der Waals surface area contributed by atoms with Crippen molar-refractivity contribution in [3.8, 4) is 0 Å². The predicted octanol–water partition coefficient (Wildman–Crippen LogP) is 0.108. The largest absolute Gasteiger partial charge is 0.479 e. The molecule has 0 saturated carbocycles. The lowest BCUT2D eigenvalue weighted by atomic mass is 10.5. The van der Waals surface area contributed by atoms with E-state index in [9.17, 15) is 9.59 Å². The van der Waals surface area contributed by atoms with Crippen LogP contribution < -0.4 is 10.6 Å². The lowest BCUT2D eigenvalue weighted by molar-refractivity contribution is -0.147. The Morgan fingerprint density at radius 3 is 3.11 bits per heavy atom. The molecular formula is C9H8N4O4S2. The summed E-state index contributed by atoms with van der Waals surface area (Å²) in [6.07, 6.45) is 0.818. The molecule has 100 valence electrons. The normalized spacial score (nSPS) is 22.9. The smallest absolute Gasteiger partial charge is 0.343 e. The van der Waals surface area contributed by atoms with E-state index in [4.69, 9.17) is 15.6 Å². The number of carbonyl (C=O) groups is 1. The molecule has 0 aliphatic carbocycles. The first kappa shape index (κ1) is 12.4. The van der Waals surface area contributed by atoms with Gasteiger partial charge in [0, 0.05) is 5.75 Å². The molecule has 2 aromatic rings. The van der Waals surface area contributed by atoms with Crippen LogP contribution in [-0.2, 0) is 9.53 Å². The molecule has 1 saturated heterocycles. The highest BCUT2D eigenvalue weighted by Crippen LogP contribution is 2.33. The van der Waals surface area contributed by atoms with Gasteiger partial charge in [0.15, 0.2) is 11.9 Å². The van der Waals surface area contributed by atoms with Crippen molar-refractivity contribution in [1.82, 2.24) is 14.5 Å². The number of rotatable bonds is 2. The third-order valence-corrected chi connectivity index (χ3v) is 4.51. The first-order chi connectivity index (χ1) is 9.06. The van der Waals surface area contributed by atoms with Crippen LogP contribution >= 0.6 is 23.1 Å². The van der Waals surface area contributed by atoms with Crippen LogP contribution in [0, 0.1) is 0 Å². The Kier molecular flexibility index (Phi) is 2.92. The number of aliphatic carboxylic acids is 1. The maximum absolute atomic E-state index is 11.9. The molecule has 3 N–H and O–H groups in total. The molecule has 0 radical (unpaired) electrons. The van der Waals surface area contributed by atoms with Gasteiger partial charge in [-0.05, 0) is 0 Å². The highest BCUT2D eigenvalue weighted by Gasteiger charge is 2.34. The minimum absolute atomic E-state index is 0.0551. The van der Waals surface area contributed by atoms with E-state index in [1.54, 1.807) is 0 Å². The molecule has 0 unspecified atom stereocenters. The van der Waals surface area contributed by atoms with Crippen molar-refractivity contribution >= 4 is 45.4 Å². The molecule has 10 heteroatoms. The molecule has 1 aliphatic heterocycles. The van der Waals surface area contributed by atoms with Gasteiger partial charge in [0.1, 0.15) is 0 Å². The molecule has 8 nitrogen and oxygen atoms in total. The molecule has 1 aliphatic rings. The van der Waals surface area contributed by atoms with Crippen molar-refractivity contribution in [3.63, 3.8) is 0 Å². The maximum atomic E-state index is 11.9. The summed E-state index contributed by atoms with van der Waals surface area (Å²) in [5.41, 5.74) is 4.91. The summed E-state index contributed by atoms with van der Waals surface area (Å²) in [6, 6.07) is 0. The Labute approximate surface area is 114 Å². The summed E-state index contributed by atoms with van der Waals surface area (Å²) in [6.45, 7) is 0. The lowest BCUT2D eigenvalue weighted by Crippen LogP contribution is -2.24. The van der Waals surface area contributed by atoms with Crippen LogP contribution in [0.5, 0.6) is 0 Å². The SMILES string of the molecule is Nc1ncc2sc(=O)n([C@H]3CS[C@@H](C(=O)O)O3)c2n1. The standard InChI is InChI=1S/C9H8N4O4S2/c10-8-11-1-3-5(12-8)13(9(16)19-3)4-2-18-7(17-4)6(14)15/h1,4,7H,2H2,(H,14,15)(H2,10,11,12)/t4-,7+/m1/s1. The zero-order valence-electron chi connectivity index (χ0n) is 9.35. The van der Waals surface area contributed by atoms with Gasteiger partial charge in [0.2, 0.25) is 11.4 Å². The van der Waals surface area contributed by atoms with Gasteiger partial charge >= 0.3 is 10.8 Å². The predicted molar refractivity (Wildman–Crippen MR) is 70.1 cm³/mol. The van der Waals surface area contributed by atoms with Gasteiger partial charge < -0.3 is 15.6 Å². The molecular weight excluding hydrogens is 292 g/mol. The second-order valence-electron chi connectivity index (χ2n) is 3.75. The van der Waals surface area contributed by atoms with Crippen molar-refractivity contribution in [1.29, 1.82) is 0 Å². The van der Waals surface area contributed by atoms with Gasteiger partial charge in [0.25, 0.3) is 0 Å². The number of hydrogen-bond acceptors (Lipinski definition) is 8. The molecule has 0 spiro atoms. The van der Waals surface area contributed by atoms with Crippen LogP contribution in [0.15, 0.2) is 11.0 Å². The number of nitrogens with zero attached hydrogens (tertiary/aromatic N) is 3. The van der Waals surface area contributed by atoms with Crippen LogP contribution in [0.4, 0.5) is 5.95 Å². The minimum Gasteiger partial charge on any atom is -0.479 e. The second kappa shape index (κ2) is 4.47. The fraction of sp³-hybridized carbons (Fsp3) is 0.333. The Balaban J connectivity index is 2.06. The Morgan fingerprint density at radius 1 is 1.63 bits per heavy atom. The number of thioether (sulfide) groups is 1. The quantitative estimate of drug-likeness (QED) is 0.801. The number of carboxylic acids is 1. The van der Waals surface area contributed by atoms with E-state index in [0.717, 1.165) is 23.1 Å². The number of aromatic nitrogens is 3. The van der Waals surface area contributed by atoms with Crippen molar-refractivity contribution in [2.24, 2.45) is 0 Å². The second-order valence-corrected chi connectivity index (χ2v) is 5.84. The van der Waals surface area contributed by atoms with E-state index in [-0.39, 0.29) is 10.8 Å². The summed E-state index contributed by atoms with van der Waals surface area (Å²) in [5, 5.41) is 8.88. The number of nitrogen functional groups attached to an aromatic ring is 1. The molecule has 3 rings (SSSR count). The number of thiazole rings is 1. The number of ether oxygens (including phenoxy) is 1. The highest BCUT2D eigenvalue weighted by molar-refractivity contribution is 8.00. The third-order valence-electron chi connectivity index (χ3n) is 2.54. The van der Waals surface area contributed by atoms with Crippen LogP contribution in [0.2, 0.25) is 0 Å². The molecule has 19 heavy (non-hydrogen) atoms. The van der Waals surface area contributed by atoms with Crippen LogP contribution in [-0.4, -0.2) is 36.8 Å². The first-order valence-corrected chi connectivity index (χ1v) is 7.06. The molecule has 3 heterocycles. The summed E-state index contributed by atoms with van der Waals surface area (Å²) < 4.78 is 7.24. The summed E-state index contributed by atoms with van der Waals surface area (Å²) in [5.74, 6) is -0.638. The van der Waals surface area contributed by atoms with Crippen molar-refractivity contribution in [2.75, 3.05) is 11.5 Å². The molecule has 0 amide bonds. The molecule has 0 bridgehead atoms. The topological polar surface area (TPSA) is 120 Å². The Bertz CT molecular complexity index is 712. The molecule has 2 aromatic heterocycles. The number of fused-ring (bicyclic) bond motifs is 1. The van der Waals surface area contributed by atoms with Crippen molar-refractivity contribution in [2.45, 2.75) is 11.7 Å². The number of nitrogens with two attached hydrogens (primary N) is 1. The summed E-state index contributed by atoms with van der Waals surface area (Å²) in [7, 11) is 0. The van der Waals surface area contributed by atoms with Gasteiger partial charge in [-0.1, -0.05) is 11.3 Å². The minimum atomic E-state index is -1.06. The van der Waals surface area contributed by atoms with Crippen molar-refractivity contribution in [3.05, 3.63) is 15.9 Å². The Hall–Kier alpha value is -1.65. The fourth-order valence-electron chi connectivity index (χ4n) is 1.76. The summed E-state index contributed by atoms with van der Waals surface area (Å²) >= 11 is 2.10. The van der Waals surface area contributed by atoms with Gasteiger partial charge in [-0.2, -0.15) is 4.98 Å². The monoisotopic (exact) mass is 300 g/mol. The third kappa shape index (κ3) is 2.07. The number of anilines is 1. The van der Waals surface area contributed by atoms with E-state index >= 15 is 0 Å². The van der Waals surface area contributed by atoms with E-state index in [1.807, 2.05) is 0 Å². The zero-order valence-corrected chi connectivity index (χ0v) is 11.0. The highest BCUT2D eigenvalue weighted by atomic mass is 32.2. The zero-order chi connectivity index (χ0) is 13.6. The van der Waals surface area contributed by atoms with E-state index in [0.29, 0.717) is 16.1 Å². The first-order valence-electron chi connectivity index (χ1n) is 5.19. The fourth-order valence-corrected chi connectivity index (χ4v) is 3.51. The number of carboxylic acid groups (broad SMARTS) is 1. The molecule has 1 fully saturated rings. The lowest BCUT2D eigenvalue weighted by Gasteiger charge is -2.11. The van der Waals surface area contributed by atoms with E-state index in [1.165, 1.54) is 10.8 Å². The van der Waals surface area contributed by atoms with Crippen LogP contribution in [0.3, 0.4) is 0 Å². The van der Waals surface area contributed by atoms with Gasteiger partial charge in [-0.15, -0.1) is 11.8 Å². The van der Waals surface area contributed by atoms with Gasteiger partial charge in [-0.25, -0.2) is 9.78 Å². The average molecular weight is 300 g/mol. The molecule has 2 atom stereocenters. The van der Waals surface area contributed by atoms with Gasteiger partial charge in [-0.3, -0.25) is 9.36 Å². The van der Waals surface area contributed by atoms with E-state index < -0.39 is 17.6 Å². The molecule has 0 aromatic carbocycles. The van der Waals surface area contributed by atoms with Gasteiger partial charge in [0.05, 0.1) is 10.9 Å². The van der Waals surface area contributed by atoms with Crippen LogP contribution in [0.25, 0.3) is 10.3 Å².